The summed E-state index contributed by atoms with van der Waals surface area (Å²) in [7, 11) is 0. The number of hydrogen-bond donors (Lipinski definition) is 1. The molecule has 4 nitrogen and oxygen atoms in total. The summed E-state index contributed by atoms with van der Waals surface area (Å²) in [5, 5.41) is 3.19. The molecular weight excluding hydrogens is 246 g/mol. The fourth-order valence-corrected chi connectivity index (χ4v) is 2.94. The molecule has 18 heavy (non-hydrogen) atoms. The summed E-state index contributed by atoms with van der Waals surface area (Å²) in [5.74, 6) is 0.192. The molecule has 0 unspecified atom stereocenters. The number of nitrogens with zero attached hydrogens (tertiary/aromatic N) is 2. The zero-order valence-electron chi connectivity index (χ0n) is 10.1. The molecule has 1 aliphatic heterocycles. The van der Waals surface area contributed by atoms with E-state index in [1.54, 1.807) is 11.3 Å². The van der Waals surface area contributed by atoms with Crippen molar-refractivity contribution in [2.75, 3.05) is 25.0 Å². The van der Waals surface area contributed by atoms with Crippen molar-refractivity contribution in [2.24, 2.45) is 0 Å². The first-order valence-corrected chi connectivity index (χ1v) is 7.06. The molecule has 1 aromatic carbocycles. The van der Waals surface area contributed by atoms with Crippen LogP contribution in [0.3, 0.4) is 0 Å². The van der Waals surface area contributed by atoms with Crippen LogP contribution in [0.4, 0.5) is 5.69 Å². The zero-order valence-corrected chi connectivity index (χ0v) is 10.9. The Balaban J connectivity index is 1.63. The smallest absolute Gasteiger partial charge is 0.241 e. The molecule has 0 saturated carbocycles. The van der Waals surface area contributed by atoms with Gasteiger partial charge in [0.05, 0.1) is 22.3 Å². The highest BCUT2D eigenvalue weighted by atomic mass is 32.1. The van der Waals surface area contributed by atoms with Crippen LogP contribution in [0.1, 0.15) is 12.8 Å². The van der Waals surface area contributed by atoms with Crippen molar-refractivity contribution in [3.8, 4) is 0 Å². The van der Waals surface area contributed by atoms with E-state index in [1.165, 1.54) is 0 Å². The number of hydrogen-bond acceptors (Lipinski definition) is 4. The van der Waals surface area contributed by atoms with Crippen molar-refractivity contribution in [1.29, 1.82) is 0 Å². The van der Waals surface area contributed by atoms with Crippen LogP contribution in [0, 0.1) is 0 Å². The third-order valence-corrected chi connectivity index (χ3v) is 4.03. The van der Waals surface area contributed by atoms with Crippen LogP contribution in [0.2, 0.25) is 0 Å². The van der Waals surface area contributed by atoms with Gasteiger partial charge in [-0.25, -0.2) is 4.98 Å². The maximum Gasteiger partial charge on any atom is 0.241 e. The Bertz CT molecular complexity index is 560. The van der Waals surface area contributed by atoms with E-state index in [9.17, 15) is 4.79 Å². The zero-order chi connectivity index (χ0) is 12.4. The number of aromatic nitrogens is 1. The number of amides is 1. The second-order valence-electron chi connectivity index (χ2n) is 4.48. The predicted octanol–water partition coefficient (Wildman–Crippen LogP) is 2.33. The third kappa shape index (κ3) is 2.31. The molecule has 1 aromatic heterocycles. The van der Waals surface area contributed by atoms with Crippen molar-refractivity contribution in [3.05, 3.63) is 23.7 Å². The topological polar surface area (TPSA) is 45.2 Å². The summed E-state index contributed by atoms with van der Waals surface area (Å²) < 4.78 is 1.15. The Morgan fingerprint density at radius 2 is 2.22 bits per heavy atom. The lowest BCUT2D eigenvalue weighted by molar-refractivity contribution is -0.128. The average Bonchev–Trinajstić information content (AvgIpc) is 3.05. The average molecular weight is 261 g/mol. The summed E-state index contributed by atoms with van der Waals surface area (Å²) in [6.45, 7) is 2.20. The molecule has 1 N–H and O–H groups in total. The molecule has 1 amide bonds. The Kier molecular flexibility index (Phi) is 3.15. The van der Waals surface area contributed by atoms with Crippen molar-refractivity contribution in [1.82, 2.24) is 9.88 Å². The Morgan fingerprint density at radius 3 is 3.06 bits per heavy atom. The van der Waals surface area contributed by atoms with Gasteiger partial charge in [0.2, 0.25) is 5.91 Å². The number of nitrogens with one attached hydrogen (secondary N) is 1. The van der Waals surface area contributed by atoms with Crippen LogP contribution in [0.25, 0.3) is 10.2 Å². The van der Waals surface area contributed by atoms with Gasteiger partial charge in [-0.2, -0.15) is 0 Å². The standard InChI is InChI=1S/C13H15N3OS/c17-13(16-5-1-2-6-16)8-14-10-3-4-11-12(7-10)18-9-15-11/h3-4,7,9,14H,1-2,5-6,8H2. The largest absolute Gasteiger partial charge is 0.376 e. The van der Waals surface area contributed by atoms with Gasteiger partial charge in [-0.3, -0.25) is 4.79 Å². The summed E-state index contributed by atoms with van der Waals surface area (Å²) in [6, 6.07) is 6.00. The number of carbonyl (C=O) groups excluding carboxylic acids is 1. The quantitative estimate of drug-likeness (QED) is 0.922. The normalized spacial score (nSPS) is 15.2. The predicted molar refractivity (Wildman–Crippen MR) is 73.9 cm³/mol. The Labute approximate surface area is 110 Å². The molecule has 0 atom stereocenters. The van der Waals surface area contributed by atoms with Crippen molar-refractivity contribution in [2.45, 2.75) is 12.8 Å². The highest BCUT2D eigenvalue weighted by molar-refractivity contribution is 7.16. The van der Waals surface area contributed by atoms with E-state index in [-0.39, 0.29) is 5.91 Å². The van der Waals surface area contributed by atoms with E-state index in [0.29, 0.717) is 6.54 Å². The number of benzene rings is 1. The molecule has 0 bridgehead atoms. The molecule has 94 valence electrons. The molecule has 2 heterocycles. The lowest BCUT2D eigenvalue weighted by Gasteiger charge is -2.15. The van der Waals surface area contributed by atoms with Crippen molar-refractivity contribution < 1.29 is 4.79 Å². The monoisotopic (exact) mass is 261 g/mol. The van der Waals surface area contributed by atoms with Gasteiger partial charge < -0.3 is 10.2 Å². The fraction of sp³-hybridized carbons (Fsp3) is 0.385. The van der Waals surface area contributed by atoms with Gasteiger partial charge in [0.25, 0.3) is 0 Å². The van der Waals surface area contributed by atoms with Crippen LogP contribution >= 0.6 is 11.3 Å². The number of thiazole rings is 1. The molecule has 0 aliphatic carbocycles. The molecule has 0 spiro atoms. The fourth-order valence-electron chi connectivity index (χ4n) is 2.22. The Hall–Kier alpha value is -1.62. The van der Waals surface area contributed by atoms with E-state index < -0.39 is 0 Å². The molecule has 5 heteroatoms. The van der Waals surface area contributed by atoms with Crippen LogP contribution < -0.4 is 5.32 Å². The third-order valence-electron chi connectivity index (χ3n) is 3.23. The number of rotatable bonds is 3. The second kappa shape index (κ2) is 4.94. The van der Waals surface area contributed by atoms with E-state index in [4.69, 9.17) is 0 Å². The van der Waals surface area contributed by atoms with Crippen LogP contribution in [-0.4, -0.2) is 35.4 Å². The van der Waals surface area contributed by atoms with E-state index in [1.807, 2.05) is 28.6 Å². The molecule has 1 saturated heterocycles. The Morgan fingerprint density at radius 1 is 1.39 bits per heavy atom. The molecular formula is C13H15N3OS. The first-order chi connectivity index (χ1) is 8.83. The first-order valence-electron chi connectivity index (χ1n) is 6.18. The lowest BCUT2D eigenvalue weighted by atomic mass is 10.3. The molecule has 2 aromatic rings. The molecule has 0 radical (unpaired) electrons. The van der Waals surface area contributed by atoms with E-state index >= 15 is 0 Å². The van der Waals surface area contributed by atoms with Gasteiger partial charge in [0, 0.05) is 18.8 Å². The minimum atomic E-state index is 0.192. The number of carbonyl (C=O) groups is 1. The minimum Gasteiger partial charge on any atom is -0.376 e. The lowest BCUT2D eigenvalue weighted by Crippen LogP contribution is -2.32. The van der Waals surface area contributed by atoms with Gasteiger partial charge in [-0.1, -0.05) is 0 Å². The second-order valence-corrected chi connectivity index (χ2v) is 5.36. The maximum absolute atomic E-state index is 11.9. The number of fused-ring (bicyclic) bond motifs is 1. The molecule has 1 aliphatic rings. The van der Waals surface area contributed by atoms with Crippen molar-refractivity contribution in [3.63, 3.8) is 0 Å². The van der Waals surface area contributed by atoms with E-state index in [2.05, 4.69) is 10.3 Å². The highest BCUT2D eigenvalue weighted by Crippen LogP contribution is 2.21. The number of likely N-dealkylation sites (tertiary alicyclic amines) is 1. The summed E-state index contributed by atoms with van der Waals surface area (Å²) in [4.78, 5) is 18.0. The van der Waals surface area contributed by atoms with Gasteiger partial charge >= 0.3 is 0 Å². The van der Waals surface area contributed by atoms with Gasteiger partial charge in [0.1, 0.15) is 0 Å². The van der Waals surface area contributed by atoms with Crippen LogP contribution in [0.5, 0.6) is 0 Å². The molecule has 1 fully saturated rings. The van der Waals surface area contributed by atoms with Gasteiger partial charge in [-0.05, 0) is 31.0 Å². The minimum absolute atomic E-state index is 0.192. The summed E-state index contributed by atoms with van der Waals surface area (Å²) in [5.41, 5.74) is 3.83. The van der Waals surface area contributed by atoms with Crippen LogP contribution in [0.15, 0.2) is 23.7 Å². The molecule has 3 rings (SSSR count). The highest BCUT2D eigenvalue weighted by Gasteiger charge is 2.17. The van der Waals surface area contributed by atoms with E-state index in [0.717, 1.165) is 41.8 Å². The SMILES string of the molecule is O=C(CNc1ccc2ncsc2c1)N1CCCC1. The van der Waals surface area contributed by atoms with Crippen molar-refractivity contribution >= 4 is 33.1 Å². The summed E-state index contributed by atoms with van der Waals surface area (Å²) in [6.07, 6.45) is 2.27. The van der Waals surface area contributed by atoms with Gasteiger partial charge in [-0.15, -0.1) is 11.3 Å². The van der Waals surface area contributed by atoms with Gasteiger partial charge in [0.15, 0.2) is 0 Å². The maximum atomic E-state index is 11.9. The summed E-state index contributed by atoms with van der Waals surface area (Å²) >= 11 is 1.61. The number of anilines is 1. The first kappa shape index (κ1) is 11.5. The van der Waals surface area contributed by atoms with Crippen LogP contribution in [-0.2, 0) is 4.79 Å².